The molecule has 0 unspecified atom stereocenters. The minimum absolute atomic E-state index is 0.0851. The van der Waals surface area contributed by atoms with E-state index in [0.717, 1.165) is 7.11 Å². The van der Waals surface area contributed by atoms with Crippen molar-refractivity contribution in [2.24, 2.45) is 5.41 Å². The normalized spacial score (nSPS) is 29.9. The lowest BCUT2D eigenvalue weighted by Crippen LogP contribution is -2.71. The maximum atomic E-state index is 12.9. The maximum absolute atomic E-state index is 12.9. The lowest BCUT2D eigenvalue weighted by Gasteiger charge is -2.56. The van der Waals surface area contributed by atoms with Crippen LogP contribution in [0.25, 0.3) is 0 Å². The van der Waals surface area contributed by atoms with Crippen LogP contribution in [0.15, 0.2) is 0 Å². The average Bonchev–Trinajstić information content (AvgIpc) is 2.08. The van der Waals surface area contributed by atoms with E-state index in [9.17, 15) is 18.7 Å². The summed E-state index contributed by atoms with van der Waals surface area (Å²) in [5, 5.41) is 9.95. The van der Waals surface area contributed by atoms with Gasteiger partial charge >= 0.3 is 5.97 Å². The van der Waals surface area contributed by atoms with Crippen molar-refractivity contribution in [3.8, 4) is 0 Å². The fraction of sp³-hybridized carbons (Fsp3) is 0.889. The summed E-state index contributed by atoms with van der Waals surface area (Å²) in [6.45, 7) is -0.170. The smallest absolute Gasteiger partial charge is 0.315 e. The van der Waals surface area contributed by atoms with Gasteiger partial charge in [0.05, 0.1) is 20.3 Å². The number of alkyl halides is 2. The maximum Gasteiger partial charge on any atom is 0.315 e. The molecule has 0 aromatic rings. The third-order valence-corrected chi connectivity index (χ3v) is 3.27. The highest BCUT2D eigenvalue weighted by atomic mass is 19.3. The second-order valence-corrected chi connectivity index (χ2v) is 4.31. The van der Waals surface area contributed by atoms with Crippen LogP contribution in [0.1, 0.15) is 12.8 Å². The van der Waals surface area contributed by atoms with Crippen molar-refractivity contribution in [2.75, 3.05) is 20.3 Å². The molecule has 0 spiro atoms. The Morgan fingerprint density at radius 3 is 2.20 bits per heavy atom. The van der Waals surface area contributed by atoms with Gasteiger partial charge in [-0.05, 0) is 0 Å². The first-order valence-electron chi connectivity index (χ1n) is 4.62. The Labute approximate surface area is 85.2 Å². The zero-order valence-corrected chi connectivity index (χ0v) is 8.26. The number of halogens is 2. The summed E-state index contributed by atoms with van der Waals surface area (Å²) in [6.07, 6.45) is -1.32. The molecule has 0 aromatic carbocycles. The monoisotopic (exact) mass is 222 g/mol. The molecule has 15 heavy (non-hydrogen) atoms. The molecule has 1 saturated heterocycles. The van der Waals surface area contributed by atoms with E-state index in [1.165, 1.54) is 0 Å². The van der Waals surface area contributed by atoms with E-state index in [1.807, 2.05) is 0 Å². The van der Waals surface area contributed by atoms with Crippen LogP contribution in [0.3, 0.4) is 0 Å². The first-order valence-corrected chi connectivity index (χ1v) is 4.62. The molecular formula is C9H12F2O4. The van der Waals surface area contributed by atoms with E-state index in [1.54, 1.807) is 0 Å². The highest BCUT2D eigenvalue weighted by Crippen LogP contribution is 2.59. The van der Waals surface area contributed by atoms with Crippen molar-refractivity contribution in [3.05, 3.63) is 0 Å². The number of aliphatic hydroxyl groups is 1. The molecule has 1 aliphatic carbocycles. The van der Waals surface area contributed by atoms with Gasteiger partial charge < -0.3 is 14.6 Å². The summed E-state index contributed by atoms with van der Waals surface area (Å²) < 4.78 is 35.0. The first-order chi connectivity index (χ1) is 6.85. The molecule has 4 nitrogen and oxygen atoms in total. The van der Waals surface area contributed by atoms with E-state index in [4.69, 9.17) is 4.74 Å². The predicted octanol–water partition coefficient (Wildman–Crippen LogP) is 0.336. The highest BCUT2D eigenvalue weighted by Gasteiger charge is 2.72. The number of hydrogen-bond donors (Lipinski definition) is 1. The van der Waals surface area contributed by atoms with Crippen LogP contribution < -0.4 is 0 Å². The molecule has 0 radical (unpaired) electrons. The third-order valence-electron chi connectivity index (χ3n) is 3.27. The second kappa shape index (κ2) is 2.89. The fourth-order valence-corrected chi connectivity index (χ4v) is 2.26. The van der Waals surface area contributed by atoms with Gasteiger partial charge in [0.1, 0.15) is 11.0 Å². The zero-order valence-electron chi connectivity index (χ0n) is 8.26. The number of carbonyl (C=O) groups excluding carboxylic acids is 1. The molecule has 0 bridgehead atoms. The number of methoxy groups -OCH3 is 1. The highest BCUT2D eigenvalue weighted by molar-refractivity contribution is 5.80. The number of carbonyl (C=O) groups is 1. The van der Waals surface area contributed by atoms with Crippen molar-refractivity contribution < 1.29 is 28.2 Å². The van der Waals surface area contributed by atoms with Gasteiger partial charge in [-0.25, -0.2) is 8.78 Å². The average molecular weight is 222 g/mol. The molecule has 1 saturated carbocycles. The van der Waals surface area contributed by atoms with E-state index < -0.39 is 35.7 Å². The Balaban J connectivity index is 2.23. The summed E-state index contributed by atoms with van der Waals surface area (Å²) in [7, 11) is 1.13. The summed E-state index contributed by atoms with van der Waals surface area (Å²) in [4.78, 5) is 11.5. The molecule has 0 atom stereocenters. The molecule has 6 heteroatoms. The number of hydrogen-bond acceptors (Lipinski definition) is 4. The van der Waals surface area contributed by atoms with Crippen molar-refractivity contribution >= 4 is 5.97 Å². The van der Waals surface area contributed by atoms with Crippen LogP contribution in [0.2, 0.25) is 0 Å². The molecule has 1 N–H and O–H groups in total. The summed E-state index contributed by atoms with van der Waals surface area (Å²) in [5.74, 6) is -3.67. The Morgan fingerprint density at radius 1 is 1.40 bits per heavy atom. The molecule has 86 valence electrons. The van der Waals surface area contributed by atoms with Gasteiger partial charge in [-0.3, -0.25) is 4.79 Å². The summed E-state index contributed by atoms with van der Waals surface area (Å²) in [6, 6.07) is 0. The SMILES string of the molecule is COC(=O)C1(C2(O)COC2)CC(F)(F)C1. The van der Waals surface area contributed by atoms with Crippen LogP contribution in [-0.2, 0) is 14.3 Å². The molecule has 2 fully saturated rings. The standard InChI is InChI=1S/C9H12F2O4/c1-14-6(12)7(2-9(10,11)3-7)8(13)4-15-5-8/h13H,2-5H2,1H3. The minimum atomic E-state index is -2.89. The fourth-order valence-electron chi connectivity index (χ4n) is 2.26. The van der Waals surface area contributed by atoms with E-state index in [0.29, 0.717) is 0 Å². The zero-order chi connectivity index (χ0) is 11.3. The lowest BCUT2D eigenvalue weighted by molar-refractivity contribution is -0.303. The Morgan fingerprint density at radius 2 is 1.93 bits per heavy atom. The van der Waals surface area contributed by atoms with Gasteiger partial charge in [-0.1, -0.05) is 0 Å². The third kappa shape index (κ3) is 1.28. The summed E-state index contributed by atoms with van der Waals surface area (Å²) in [5.41, 5.74) is -2.97. The Hall–Kier alpha value is -0.750. The van der Waals surface area contributed by atoms with E-state index in [2.05, 4.69) is 4.74 Å². The topological polar surface area (TPSA) is 55.8 Å². The van der Waals surface area contributed by atoms with Gasteiger partial charge in [-0.15, -0.1) is 0 Å². The van der Waals surface area contributed by atoms with Crippen LogP contribution in [0.4, 0.5) is 8.78 Å². The van der Waals surface area contributed by atoms with Crippen LogP contribution in [0, 0.1) is 5.41 Å². The lowest BCUT2D eigenvalue weighted by atomic mass is 9.56. The van der Waals surface area contributed by atoms with Crippen LogP contribution >= 0.6 is 0 Å². The number of esters is 1. The molecule has 1 aliphatic heterocycles. The van der Waals surface area contributed by atoms with Gasteiger partial charge in [0.15, 0.2) is 0 Å². The molecular weight excluding hydrogens is 210 g/mol. The molecule has 2 rings (SSSR count). The van der Waals surface area contributed by atoms with E-state index in [-0.39, 0.29) is 13.2 Å². The minimum Gasteiger partial charge on any atom is -0.468 e. The summed E-state index contributed by atoms with van der Waals surface area (Å²) >= 11 is 0. The van der Waals surface area contributed by atoms with Crippen molar-refractivity contribution in [1.29, 1.82) is 0 Å². The quantitative estimate of drug-likeness (QED) is 0.684. The van der Waals surface area contributed by atoms with Gasteiger partial charge in [0.25, 0.3) is 5.92 Å². The second-order valence-electron chi connectivity index (χ2n) is 4.31. The van der Waals surface area contributed by atoms with Crippen LogP contribution in [0.5, 0.6) is 0 Å². The van der Waals surface area contributed by atoms with Crippen LogP contribution in [-0.4, -0.2) is 42.9 Å². The number of rotatable bonds is 2. The largest absolute Gasteiger partial charge is 0.468 e. The predicted molar refractivity (Wildman–Crippen MR) is 44.4 cm³/mol. The first kappa shape index (κ1) is 10.8. The Kier molecular flexibility index (Phi) is 2.07. The van der Waals surface area contributed by atoms with Crippen molar-refractivity contribution in [3.63, 3.8) is 0 Å². The van der Waals surface area contributed by atoms with Gasteiger partial charge in [0.2, 0.25) is 0 Å². The molecule has 0 aromatic heterocycles. The van der Waals surface area contributed by atoms with Crippen molar-refractivity contribution in [1.82, 2.24) is 0 Å². The Bertz CT molecular complexity index is 290. The molecule has 0 amide bonds. The van der Waals surface area contributed by atoms with Gasteiger partial charge in [-0.2, -0.15) is 0 Å². The molecule has 2 aliphatic rings. The van der Waals surface area contributed by atoms with E-state index >= 15 is 0 Å². The van der Waals surface area contributed by atoms with Crippen molar-refractivity contribution in [2.45, 2.75) is 24.4 Å². The number of ether oxygens (including phenoxy) is 2. The molecule has 1 heterocycles. The van der Waals surface area contributed by atoms with Gasteiger partial charge in [0, 0.05) is 12.8 Å².